The summed E-state index contributed by atoms with van der Waals surface area (Å²) in [5, 5.41) is 16.5. The number of halogens is 2. The fourth-order valence-electron chi connectivity index (χ4n) is 1.55. The zero-order valence-corrected chi connectivity index (χ0v) is 12.2. The Morgan fingerprint density at radius 3 is 2.89 bits per heavy atom. The average Bonchev–Trinajstić information content (AvgIpc) is 2.86. The third kappa shape index (κ3) is 3.07. The van der Waals surface area contributed by atoms with Gasteiger partial charge in [-0.2, -0.15) is 0 Å². The Morgan fingerprint density at radius 1 is 1.58 bits per heavy atom. The molecule has 0 amide bonds. The minimum Gasteiger partial charge on any atom is -0.370 e. The van der Waals surface area contributed by atoms with Crippen molar-refractivity contribution in [3.05, 3.63) is 49.1 Å². The molecule has 1 N–H and O–H groups in total. The van der Waals surface area contributed by atoms with Gasteiger partial charge >= 0.3 is 0 Å². The maximum absolute atomic E-state index is 13.3. The van der Waals surface area contributed by atoms with Crippen molar-refractivity contribution in [2.45, 2.75) is 13.0 Å². The minimum atomic E-state index is -0.667. The fourth-order valence-corrected chi connectivity index (χ4v) is 2.54. The molecule has 0 spiro atoms. The van der Waals surface area contributed by atoms with Gasteiger partial charge in [-0.1, -0.05) is 0 Å². The first-order valence-corrected chi connectivity index (χ1v) is 6.95. The van der Waals surface area contributed by atoms with Gasteiger partial charge in [-0.15, -0.1) is 11.3 Å². The molecule has 1 aromatic heterocycles. The molecule has 2 rings (SSSR count). The van der Waals surface area contributed by atoms with Gasteiger partial charge in [0.15, 0.2) is 0 Å². The quantitative estimate of drug-likeness (QED) is 0.668. The van der Waals surface area contributed by atoms with E-state index in [1.165, 1.54) is 17.4 Å². The van der Waals surface area contributed by atoms with Crippen LogP contribution in [0.4, 0.5) is 15.8 Å². The van der Waals surface area contributed by atoms with Gasteiger partial charge in [0, 0.05) is 11.6 Å². The van der Waals surface area contributed by atoms with Crippen LogP contribution in [0.5, 0.6) is 0 Å². The highest BCUT2D eigenvalue weighted by atomic mass is 79.9. The Morgan fingerprint density at radius 2 is 2.32 bits per heavy atom. The average molecular weight is 346 g/mol. The summed E-state index contributed by atoms with van der Waals surface area (Å²) >= 11 is 4.46. The van der Waals surface area contributed by atoms with Crippen LogP contribution in [0, 0.1) is 15.9 Å². The van der Waals surface area contributed by atoms with Crippen LogP contribution in [0.1, 0.15) is 18.0 Å². The molecule has 0 aliphatic carbocycles. The molecule has 0 aliphatic rings. The standard InChI is InChI=1S/C11H9BrFN3O2S/c1-6(11-14-2-3-19-11)15-9-4-7(12)8(13)5-10(9)16(17)18/h2-6,15H,1H3. The Bertz CT molecular complexity index is 606. The highest BCUT2D eigenvalue weighted by Gasteiger charge is 2.20. The monoisotopic (exact) mass is 345 g/mol. The molecule has 0 bridgehead atoms. The molecule has 0 saturated heterocycles. The molecule has 0 aliphatic heterocycles. The van der Waals surface area contributed by atoms with Gasteiger partial charge in [0.25, 0.3) is 5.69 Å². The maximum atomic E-state index is 13.3. The molecule has 1 heterocycles. The molecule has 1 aromatic carbocycles. The molecule has 0 radical (unpaired) electrons. The van der Waals surface area contributed by atoms with Crippen molar-refractivity contribution in [2.24, 2.45) is 0 Å². The van der Waals surface area contributed by atoms with Crippen molar-refractivity contribution in [2.75, 3.05) is 5.32 Å². The van der Waals surface area contributed by atoms with Crippen LogP contribution in [-0.4, -0.2) is 9.91 Å². The molecule has 0 saturated carbocycles. The van der Waals surface area contributed by atoms with Crippen molar-refractivity contribution in [3.8, 4) is 0 Å². The third-order valence-corrected chi connectivity index (χ3v) is 4.00. The van der Waals surface area contributed by atoms with Gasteiger partial charge in [-0.05, 0) is 28.9 Å². The first kappa shape index (κ1) is 13.9. The van der Waals surface area contributed by atoms with Crippen LogP contribution in [-0.2, 0) is 0 Å². The van der Waals surface area contributed by atoms with Gasteiger partial charge in [0.2, 0.25) is 0 Å². The van der Waals surface area contributed by atoms with E-state index in [1.54, 1.807) is 6.20 Å². The summed E-state index contributed by atoms with van der Waals surface area (Å²) in [5.74, 6) is -0.667. The lowest BCUT2D eigenvalue weighted by Gasteiger charge is -2.13. The molecule has 8 heteroatoms. The third-order valence-electron chi connectivity index (χ3n) is 2.43. The number of nitrogens with zero attached hydrogens (tertiary/aromatic N) is 2. The normalized spacial score (nSPS) is 12.2. The molecule has 1 atom stereocenters. The number of nitro groups is 1. The predicted molar refractivity (Wildman–Crippen MR) is 74.9 cm³/mol. The Balaban J connectivity index is 2.33. The molecular formula is C11H9BrFN3O2S. The number of rotatable bonds is 4. The Kier molecular flexibility index (Phi) is 4.11. The van der Waals surface area contributed by atoms with E-state index in [0.717, 1.165) is 11.1 Å². The SMILES string of the molecule is CC(Nc1cc(Br)c(F)cc1[N+](=O)[O-])c1nccs1. The van der Waals surface area contributed by atoms with E-state index in [2.05, 4.69) is 26.2 Å². The smallest absolute Gasteiger partial charge is 0.295 e. The maximum Gasteiger partial charge on any atom is 0.295 e. The van der Waals surface area contributed by atoms with Crippen LogP contribution in [0.2, 0.25) is 0 Å². The lowest BCUT2D eigenvalue weighted by Crippen LogP contribution is -2.08. The second-order valence-electron chi connectivity index (χ2n) is 3.78. The lowest BCUT2D eigenvalue weighted by atomic mass is 10.2. The first-order chi connectivity index (χ1) is 8.99. The molecule has 1 unspecified atom stereocenters. The van der Waals surface area contributed by atoms with E-state index in [9.17, 15) is 14.5 Å². The van der Waals surface area contributed by atoms with Crippen molar-refractivity contribution in [1.82, 2.24) is 4.98 Å². The van der Waals surface area contributed by atoms with E-state index in [0.29, 0.717) is 0 Å². The number of anilines is 1. The van der Waals surface area contributed by atoms with Crippen molar-refractivity contribution in [3.63, 3.8) is 0 Å². The molecule has 2 aromatic rings. The van der Waals surface area contributed by atoms with Crippen molar-refractivity contribution in [1.29, 1.82) is 0 Å². The second kappa shape index (κ2) is 5.62. The number of hydrogen-bond acceptors (Lipinski definition) is 5. The predicted octanol–water partition coefficient (Wildman–Crippen LogP) is 4.13. The summed E-state index contributed by atoms with van der Waals surface area (Å²) < 4.78 is 13.5. The van der Waals surface area contributed by atoms with Crippen LogP contribution in [0.3, 0.4) is 0 Å². The zero-order valence-electron chi connectivity index (χ0n) is 9.76. The molecule has 19 heavy (non-hydrogen) atoms. The van der Waals surface area contributed by atoms with Gasteiger partial charge in [-0.25, -0.2) is 9.37 Å². The van der Waals surface area contributed by atoms with Crippen molar-refractivity contribution < 1.29 is 9.31 Å². The second-order valence-corrected chi connectivity index (χ2v) is 5.56. The largest absolute Gasteiger partial charge is 0.370 e. The Hall–Kier alpha value is -1.54. The van der Waals surface area contributed by atoms with Gasteiger partial charge < -0.3 is 5.32 Å². The first-order valence-electron chi connectivity index (χ1n) is 5.28. The van der Waals surface area contributed by atoms with E-state index < -0.39 is 10.7 Å². The fraction of sp³-hybridized carbons (Fsp3) is 0.182. The zero-order chi connectivity index (χ0) is 14.0. The van der Waals surface area contributed by atoms with E-state index in [-0.39, 0.29) is 21.9 Å². The van der Waals surface area contributed by atoms with Crippen molar-refractivity contribution >= 4 is 38.6 Å². The molecule has 100 valence electrons. The highest BCUT2D eigenvalue weighted by Crippen LogP contribution is 2.33. The number of nitrogens with one attached hydrogen (secondary N) is 1. The molecule has 5 nitrogen and oxygen atoms in total. The minimum absolute atomic E-state index is 0.173. The lowest BCUT2D eigenvalue weighted by molar-refractivity contribution is -0.384. The number of aromatic nitrogens is 1. The van der Waals surface area contributed by atoms with Crippen LogP contribution >= 0.6 is 27.3 Å². The molecular weight excluding hydrogens is 337 g/mol. The number of thiazole rings is 1. The van der Waals surface area contributed by atoms with Crippen LogP contribution < -0.4 is 5.32 Å². The van der Waals surface area contributed by atoms with Crippen LogP contribution in [0.25, 0.3) is 0 Å². The number of nitro benzene ring substituents is 1. The van der Waals surface area contributed by atoms with E-state index in [1.807, 2.05) is 12.3 Å². The number of hydrogen-bond donors (Lipinski definition) is 1. The summed E-state index contributed by atoms with van der Waals surface area (Å²) in [5.41, 5.74) is -0.0509. The summed E-state index contributed by atoms with van der Waals surface area (Å²) in [7, 11) is 0. The van der Waals surface area contributed by atoms with E-state index in [4.69, 9.17) is 0 Å². The van der Waals surface area contributed by atoms with E-state index >= 15 is 0 Å². The summed E-state index contributed by atoms with van der Waals surface area (Å²) in [6, 6.07) is 2.05. The Labute approximate surface area is 120 Å². The number of benzene rings is 1. The summed E-state index contributed by atoms with van der Waals surface area (Å²) in [6.45, 7) is 1.83. The van der Waals surface area contributed by atoms with Gasteiger partial charge in [0.05, 0.1) is 21.5 Å². The highest BCUT2D eigenvalue weighted by molar-refractivity contribution is 9.10. The van der Waals surface area contributed by atoms with Gasteiger partial charge in [0.1, 0.15) is 16.5 Å². The topological polar surface area (TPSA) is 68.1 Å². The van der Waals surface area contributed by atoms with Gasteiger partial charge in [-0.3, -0.25) is 10.1 Å². The summed E-state index contributed by atoms with van der Waals surface area (Å²) in [4.78, 5) is 14.4. The summed E-state index contributed by atoms with van der Waals surface area (Å²) in [6.07, 6.45) is 1.66. The van der Waals surface area contributed by atoms with Crippen LogP contribution in [0.15, 0.2) is 28.2 Å². The molecule has 0 fully saturated rings.